The average molecular weight is 401 g/mol. The molecule has 0 aliphatic carbocycles. The number of fused-ring (bicyclic) bond motifs is 1. The molecule has 7 N–H and O–H groups in total. The van der Waals surface area contributed by atoms with E-state index in [1.807, 2.05) is 40.9 Å². The summed E-state index contributed by atoms with van der Waals surface area (Å²) in [6, 6.07) is 9.73. The Balaban J connectivity index is 0.00000106. The van der Waals surface area contributed by atoms with Crippen LogP contribution in [0.4, 0.5) is 5.95 Å². The molecule has 5 heterocycles. The van der Waals surface area contributed by atoms with Gasteiger partial charge < -0.3 is 5.73 Å². The van der Waals surface area contributed by atoms with Crippen LogP contribution in [0.5, 0.6) is 0 Å². The molecule has 5 aromatic rings. The van der Waals surface area contributed by atoms with Crippen molar-refractivity contribution in [2.24, 2.45) is 11.7 Å². The highest BCUT2D eigenvalue weighted by Gasteiger charge is 2.21. The van der Waals surface area contributed by atoms with Crippen LogP contribution in [0.2, 0.25) is 0 Å². The number of nitrogens with two attached hydrogens (primary N) is 3. The number of nitrogen functional groups attached to an aromatic ring is 1. The van der Waals surface area contributed by atoms with Crippen molar-refractivity contribution in [1.29, 1.82) is 0 Å². The number of H-pyrrole nitrogens is 1. The fourth-order valence-electron chi connectivity index (χ4n) is 3.15. The number of pyridine rings is 2. The second-order valence-electron chi connectivity index (χ2n) is 6.21. The number of nitrogens with zero attached hydrogens (tertiary/aromatic N) is 7. The Bertz CT molecular complexity index is 1260. The van der Waals surface area contributed by atoms with E-state index >= 15 is 0 Å². The first kappa shape index (κ1) is 19.1. The quantitative estimate of drug-likeness (QED) is 0.257. The van der Waals surface area contributed by atoms with Crippen LogP contribution in [0.1, 0.15) is 5.82 Å². The first-order chi connectivity index (χ1) is 14.7. The fourth-order valence-corrected chi connectivity index (χ4v) is 3.15. The maximum absolute atomic E-state index is 5.88. The summed E-state index contributed by atoms with van der Waals surface area (Å²) in [6.45, 7) is 1.78. The Kier molecular flexibility index (Phi) is 5.11. The lowest BCUT2D eigenvalue weighted by atomic mass is 10.1. The van der Waals surface area contributed by atoms with E-state index in [-0.39, 0.29) is 5.95 Å². The summed E-state index contributed by atoms with van der Waals surface area (Å²) >= 11 is 0. The van der Waals surface area contributed by atoms with E-state index in [4.69, 9.17) is 10.7 Å². The zero-order valence-corrected chi connectivity index (χ0v) is 16.1. The molecule has 11 heteroatoms. The van der Waals surface area contributed by atoms with Gasteiger partial charge in [0.2, 0.25) is 5.95 Å². The van der Waals surface area contributed by atoms with Crippen LogP contribution in [0.25, 0.3) is 39.7 Å². The summed E-state index contributed by atoms with van der Waals surface area (Å²) in [7, 11) is 0. The van der Waals surface area contributed by atoms with Gasteiger partial charge in [-0.05, 0) is 48.4 Å². The number of imidazole rings is 1. The van der Waals surface area contributed by atoms with Crippen LogP contribution in [0.15, 0.2) is 55.1 Å². The molecule has 0 unspecified atom stereocenters. The van der Waals surface area contributed by atoms with Gasteiger partial charge in [0.05, 0.1) is 0 Å². The molecule has 0 aromatic carbocycles. The standard InChI is InChI=1S/C19H15N9.H4N2/c1-11-23-18(26-19(20)24-11)17-16(14-6-9-22-27-14)25-15-3-2-13(10-28(15)17)12-4-7-21-8-5-12;1-2/h2-10H,1H3,(H,22,27)(H2,20,23,24,26);1-2H2. The van der Waals surface area contributed by atoms with E-state index in [9.17, 15) is 0 Å². The Labute approximate surface area is 171 Å². The van der Waals surface area contributed by atoms with Crippen LogP contribution in [-0.2, 0) is 0 Å². The topological polar surface area (TPSA) is 176 Å². The second-order valence-corrected chi connectivity index (χ2v) is 6.21. The van der Waals surface area contributed by atoms with Gasteiger partial charge >= 0.3 is 0 Å². The number of rotatable bonds is 3. The van der Waals surface area contributed by atoms with Crippen LogP contribution in [0, 0.1) is 6.92 Å². The summed E-state index contributed by atoms with van der Waals surface area (Å²) in [4.78, 5) is 21.8. The largest absolute Gasteiger partial charge is 0.368 e. The van der Waals surface area contributed by atoms with Crippen LogP contribution in [-0.4, -0.2) is 39.5 Å². The van der Waals surface area contributed by atoms with Gasteiger partial charge in [-0.15, -0.1) is 0 Å². The molecule has 0 aliphatic rings. The van der Waals surface area contributed by atoms with Crippen molar-refractivity contribution in [3.8, 4) is 34.0 Å². The van der Waals surface area contributed by atoms with Crippen molar-refractivity contribution in [1.82, 2.24) is 39.5 Å². The van der Waals surface area contributed by atoms with E-state index in [0.717, 1.165) is 16.8 Å². The number of nitrogens with one attached hydrogen (secondary N) is 1. The van der Waals surface area contributed by atoms with E-state index in [2.05, 4.69) is 41.8 Å². The van der Waals surface area contributed by atoms with Crippen LogP contribution >= 0.6 is 0 Å². The first-order valence-electron chi connectivity index (χ1n) is 8.93. The molecule has 0 spiro atoms. The molecule has 5 rings (SSSR count). The molecule has 5 aromatic heterocycles. The Morgan fingerprint density at radius 2 is 1.70 bits per heavy atom. The van der Waals surface area contributed by atoms with Gasteiger partial charge in [0.25, 0.3) is 0 Å². The van der Waals surface area contributed by atoms with Gasteiger partial charge in [-0.1, -0.05) is 0 Å². The number of aryl methyl sites for hydroxylation is 1. The molecule has 0 saturated carbocycles. The highest BCUT2D eigenvalue weighted by molar-refractivity contribution is 5.78. The average Bonchev–Trinajstić information content (AvgIpc) is 3.42. The Hall–Kier alpha value is -4.22. The molecule has 0 radical (unpaired) electrons. The molecule has 0 atom stereocenters. The zero-order chi connectivity index (χ0) is 21.1. The number of anilines is 1. The Morgan fingerprint density at radius 3 is 2.40 bits per heavy atom. The third-order valence-electron chi connectivity index (χ3n) is 4.35. The van der Waals surface area contributed by atoms with Crippen LogP contribution in [0.3, 0.4) is 0 Å². The minimum Gasteiger partial charge on any atom is -0.368 e. The lowest BCUT2D eigenvalue weighted by Gasteiger charge is -2.07. The number of aromatic nitrogens is 8. The Morgan fingerprint density at radius 1 is 0.900 bits per heavy atom. The summed E-state index contributed by atoms with van der Waals surface area (Å²) < 4.78 is 1.95. The second kappa shape index (κ2) is 8.03. The molecule has 0 aliphatic heterocycles. The van der Waals surface area contributed by atoms with Gasteiger partial charge in [0, 0.05) is 24.8 Å². The lowest BCUT2D eigenvalue weighted by Crippen LogP contribution is -2.04. The van der Waals surface area contributed by atoms with Crippen molar-refractivity contribution in [2.75, 3.05) is 5.73 Å². The number of aromatic amines is 1. The lowest BCUT2D eigenvalue weighted by molar-refractivity contribution is 0.982. The minimum atomic E-state index is 0.163. The van der Waals surface area contributed by atoms with Gasteiger partial charge in [-0.3, -0.25) is 26.2 Å². The van der Waals surface area contributed by atoms with Crippen molar-refractivity contribution in [3.63, 3.8) is 0 Å². The zero-order valence-electron chi connectivity index (χ0n) is 16.1. The van der Waals surface area contributed by atoms with Gasteiger partial charge in [0.15, 0.2) is 5.82 Å². The van der Waals surface area contributed by atoms with Gasteiger partial charge in [-0.2, -0.15) is 15.1 Å². The summed E-state index contributed by atoms with van der Waals surface area (Å²) in [5.41, 5.74) is 10.8. The predicted molar refractivity (Wildman–Crippen MR) is 112 cm³/mol. The minimum absolute atomic E-state index is 0.163. The van der Waals surface area contributed by atoms with E-state index in [0.29, 0.717) is 28.7 Å². The highest BCUT2D eigenvalue weighted by Crippen LogP contribution is 2.31. The van der Waals surface area contributed by atoms with Crippen molar-refractivity contribution in [2.45, 2.75) is 6.92 Å². The van der Waals surface area contributed by atoms with Crippen molar-refractivity contribution < 1.29 is 0 Å². The van der Waals surface area contributed by atoms with Crippen molar-refractivity contribution in [3.05, 3.63) is 60.9 Å². The molecule has 0 amide bonds. The number of hydrazine groups is 1. The summed E-state index contributed by atoms with van der Waals surface area (Å²) in [6.07, 6.45) is 7.27. The summed E-state index contributed by atoms with van der Waals surface area (Å²) in [5, 5.41) is 7.11. The molecule has 11 nitrogen and oxygen atoms in total. The summed E-state index contributed by atoms with van der Waals surface area (Å²) in [5.74, 6) is 9.15. The first-order valence-corrected chi connectivity index (χ1v) is 8.93. The molecule has 0 saturated heterocycles. The van der Waals surface area contributed by atoms with E-state index < -0.39 is 0 Å². The molecule has 0 fully saturated rings. The predicted octanol–water partition coefficient (Wildman–Crippen LogP) is 1.35. The third-order valence-corrected chi connectivity index (χ3v) is 4.35. The van der Waals surface area contributed by atoms with E-state index in [1.165, 1.54) is 0 Å². The van der Waals surface area contributed by atoms with Crippen molar-refractivity contribution >= 4 is 11.6 Å². The normalized spacial score (nSPS) is 10.6. The molecule has 0 bridgehead atoms. The maximum atomic E-state index is 5.88. The SMILES string of the molecule is Cc1nc(N)nc(-c2c(-c3cc[nH]n3)nc3ccc(-c4ccncc4)cn23)n1.NN. The fraction of sp³-hybridized carbons (Fsp3) is 0.0526. The number of hydrogen-bond donors (Lipinski definition) is 4. The molecular formula is C19H19N11. The smallest absolute Gasteiger partial charge is 0.223 e. The molecule has 150 valence electrons. The number of hydrogen-bond acceptors (Lipinski definition) is 9. The highest BCUT2D eigenvalue weighted by atomic mass is 15.2. The maximum Gasteiger partial charge on any atom is 0.223 e. The van der Waals surface area contributed by atoms with E-state index in [1.54, 1.807) is 25.5 Å². The monoisotopic (exact) mass is 401 g/mol. The molecular weight excluding hydrogens is 382 g/mol. The third kappa shape index (κ3) is 3.45. The molecule has 30 heavy (non-hydrogen) atoms. The van der Waals surface area contributed by atoms with Gasteiger partial charge in [0.1, 0.15) is 28.6 Å². The van der Waals surface area contributed by atoms with Gasteiger partial charge in [-0.25, -0.2) is 9.97 Å². The van der Waals surface area contributed by atoms with Crippen LogP contribution < -0.4 is 17.4 Å².